The van der Waals surface area contributed by atoms with Crippen molar-refractivity contribution in [3.05, 3.63) is 29.5 Å². The Kier molecular flexibility index (Phi) is 10.6. The molecule has 5 rings (SSSR count). The minimum absolute atomic E-state index is 0.0250. The van der Waals surface area contributed by atoms with E-state index in [1.807, 2.05) is 34.6 Å². The maximum absolute atomic E-state index is 15.1. The van der Waals surface area contributed by atoms with Crippen molar-refractivity contribution in [1.29, 1.82) is 0 Å². The third kappa shape index (κ3) is 7.41. The van der Waals surface area contributed by atoms with Crippen LogP contribution in [0.2, 0.25) is 0 Å². The highest BCUT2D eigenvalue weighted by atomic mass is 19.1. The fourth-order valence-electron chi connectivity index (χ4n) is 6.56. The van der Waals surface area contributed by atoms with E-state index in [1.165, 1.54) is 19.1 Å². The lowest BCUT2D eigenvalue weighted by Crippen LogP contribution is -2.58. The first-order chi connectivity index (χ1) is 22.7. The molecular formula is C34H48FN3O10. The van der Waals surface area contributed by atoms with Crippen LogP contribution in [0.4, 0.5) is 9.18 Å². The van der Waals surface area contributed by atoms with Gasteiger partial charge >= 0.3 is 6.09 Å². The number of hydrogen-bond donors (Lipinski definition) is 1. The van der Waals surface area contributed by atoms with Gasteiger partial charge in [0.1, 0.15) is 60.6 Å². The van der Waals surface area contributed by atoms with E-state index in [0.717, 1.165) is 0 Å². The van der Waals surface area contributed by atoms with Crippen LogP contribution < -0.4 is 10.1 Å². The van der Waals surface area contributed by atoms with Crippen LogP contribution in [0.5, 0.6) is 5.75 Å². The van der Waals surface area contributed by atoms with Crippen LogP contribution in [0.1, 0.15) is 57.2 Å². The van der Waals surface area contributed by atoms with Gasteiger partial charge in [0.05, 0.1) is 19.7 Å². The highest BCUT2D eigenvalue weighted by Gasteiger charge is 2.62. The summed E-state index contributed by atoms with van der Waals surface area (Å²) in [6, 6.07) is 3.44. The molecule has 1 N–H and O–H groups in total. The number of rotatable bonds is 10. The summed E-state index contributed by atoms with van der Waals surface area (Å²) in [5.41, 5.74) is 0.445. The normalized spacial score (nSPS) is 24.5. The summed E-state index contributed by atoms with van der Waals surface area (Å²) in [6.45, 7) is 12.2. The zero-order valence-corrected chi connectivity index (χ0v) is 29.0. The predicted octanol–water partition coefficient (Wildman–Crippen LogP) is 3.84. The summed E-state index contributed by atoms with van der Waals surface area (Å²) in [4.78, 5) is 43.1. The Morgan fingerprint density at radius 2 is 1.85 bits per heavy atom. The summed E-state index contributed by atoms with van der Waals surface area (Å²) in [5.74, 6) is -1.70. The van der Waals surface area contributed by atoms with Gasteiger partial charge in [-0.05, 0) is 58.2 Å². The number of halogens is 1. The smallest absolute Gasteiger partial charge is 0.410 e. The first kappa shape index (κ1) is 35.8. The van der Waals surface area contributed by atoms with Crippen LogP contribution in [0.15, 0.2) is 22.6 Å². The lowest BCUT2D eigenvalue weighted by Gasteiger charge is -2.37. The van der Waals surface area contributed by atoms with Gasteiger partial charge in [-0.2, -0.15) is 0 Å². The molecule has 48 heavy (non-hydrogen) atoms. The first-order valence-electron chi connectivity index (χ1n) is 16.4. The van der Waals surface area contributed by atoms with Crippen LogP contribution >= 0.6 is 0 Å². The van der Waals surface area contributed by atoms with Gasteiger partial charge in [0.15, 0.2) is 5.76 Å². The number of carbonyl (C=O) groups excluding carboxylic acids is 3. The molecule has 0 saturated carbocycles. The number of hydrogen-bond acceptors (Lipinski definition) is 10. The summed E-state index contributed by atoms with van der Waals surface area (Å²) in [6.07, 6.45) is -2.75. The molecule has 266 valence electrons. The molecule has 0 bridgehead atoms. The second-order valence-electron chi connectivity index (χ2n) is 14.0. The molecule has 3 aliphatic heterocycles. The quantitative estimate of drug-likeness (QED) is 0.369. The Hall–Kier alpha value is -3.46. The maximum Gasteiger partial charge on any atom is 0.410 e. The van der Waals surface area contributed by atoms with Crippen molar-refractivity contribution in [3.8, 4) is 5.75 Å². The van der Waals surface area contributed by atoms with Crippen molar-refractivity contribution >= 4 is 28.9 Å². The molecule has 3 fully saturated rings. The van der Waals surface area contributed by atoms with E-state index < -0.39 is 53.7 Å². The Balaban J connectivity index is 1.27. The number of furan rings is 1. The Bertz CT molecular complexity index is 1490. The fourth-order valence-corrected chi connectivity index (χ4v) is 6.56. The highest BCUT2D eigenvalue weighted by molar-refractivity contribution is 6.01. The molecule has 0 aliphatic carbocycles. The van der Waals surface area contributed by atoms with Gasteiger partial charge in [-0.1, -0.05) is 13.8 Å². The van der Waals surface area contributed by atoms with Crippen molar-refractivity contribution in [2.45, 2.75) is 89.8 Å². The lowest BCUT2D eigenvalue weighted by atomic mass is 10.00. The van der Waals surface area contributed by atoms with E-state index in [-0.39, 0.29) is 37.5 Å². The van der Waals surface area contributed by atoms with Crippen LogP contribution in [-0.2, 0) is 28.5 Å². The number of benzene rings is 1. The lowest BCUT2D eigenvalue weighted by molar-refractivity contribution is -0.227. The maximum atomic E-state index is 15.1. The molecule has 4 unspecified atom stereocenters. The largest absolute Gasteiger partial charge is 0.491 e. The van der Waals surface area contributed by atoms with E-state index in [2.05, 4.69) is 5.32 Å². The molecule has 1 aromatic carbocycles. The summed E-state index contributed by atoms with van der Waals surface area (Å²) < 4.78 is 55.2. The van der Waals surface area contributed by atoms with Crippen LogP contribution in [0.25, 0.3) is 11.0 Å². The van der Waals surface area contributed by atoms with E-state index in [1.54, 1.807) is 30.0 Å². The van der Waals surface area contributed by atoms with Crippen molar-refractivity contribution in [2.75, 3.05) is 53.7 Å². The molecule has 4 heterocycles. The van der Waals surface area contributed by atoms with Crippen LogP contribution in [-0.4, -0.2) is 123 Å². The monoisotopic (exact) mass is 677 g/mol. The topological polar surface area (TPSA) is 138 Å². The fraction of sp³-hybridized carbons (Fsp3) is 0.676. The number of likely N-dealkylation sites (tertiary alicyclic amines) is 1. The summed E-state index contributed by atoms with van der Waals surface area (Å²) >= 11 is 0. The van der Waals surface area contributed by atoms with Crippen molar-refractivity contribution in [3.63, 3.8) is 0 Å². The van der Waals surface area contributed by atoms with Crippen LogP contribution in [0.3, 0.4) is 0 Å². The van der Waals surface area contributed by atoms with Gasteiger partial charge in [-0.25, -0.2) is 9.18 Å². The van der Waals surface area contributed by atoms with Crippen molar-refractivity contribution in [2.24, 2.45) is 5.92 Å². The molecule has 5 atom stereocenters. The van der Waals surface area contributed by atoms with Gasteiger partial charge in [0.25, 0.3) is 5.91 Å². The van der Waals surface area contributed by atoms with Gasteiger partial charge in [0, 0.05) is 31.7 Å². The minimum atomic E-state index is -1.43. The molecule has 13 nitrogen and oxygen atoms in total. The number of morpholine rings is 1. The van der Waals surface area contributed by atoms with E-state index in [9.17, 15) is 14.4 Å². The van der Waals surface area contributed by atoms with Crippen LogP contribution in [0, 0.1) is 12.8 Å². The highest BCUT2D eigenvalue weighted by Crippen LogP contribution is 2.40. The Labute approximate surface area is 280 Å². The number of nitrogens with zero attached hydrogens (tertiary/aromatic N) is 2. The first-order valence-corrected chi connectivity index (χ1v) is 16.4. The van der Waals surface area contributed by atoms with Gasteiger partial charge < -0.3 is 48.0 Å². The SMILES string of the molecule is COC1(OC)COC2C(F)CN(C(=O)C(CC(C)C)NC(=O)c3oc4ccc(OC[C@H]5CN(C(=O)OC(C)(C)C)CCO5)cc4c3C)C21. The standard InChI is InChI=1S/C34H48FN3O10/c1-19(2)13-25(31(40)38-16-24(35)28-29(38)34(42-7,43-8)18-46-28)36-30(39)27-20(3)23-14-21(9-10-26(23)47-27)45-17-22-15-37(11-12-44-22)32(41)48-33(4,5)6/h9-10,14,19,22,24-25,28-29H,11-13,15-18H2,1-8H3,(H,36,39)/t22-,24?,25?,28?,29?/m1/s1. The average molecular weight is 678 g/mol. The van der Waals surface area contributed by atoms with E-state index in [0.29, 0.717) is 48.4 Å². The molecule has 3 aliphatic rings. The molecule has 14 heteroatoms. The molecular weight excluding hydrogens is 629 g/mol. The zero-order valence-electron chi connectivity index (χ0n) is 29.0. The number of amides is 3. The zero-order chi connectivity index (χ0) is 35.0. The van der Waals surface area contributed by atoms with Crippen molar-refractivity contribution < 1.29 is 51.6 Å². The molecule has 2 aromatic rings. The second-order valence-corrected chi connectivity index (χ2v) is 14.0. The van der Waals surface area contributed by atoms with E-state index >= 15 is 4.39 Å². The number of fused-ring (bicyclic) bond motifs is 2. The number of aryl methyl sites for hydroxylation is 1. The number of alkyl halides is 1. The predicted molar refractivity (Wildman–Crippen MR) is 172 cm³/mol. The molecule has 3 amide bonds. The minimum Gasteiger partial charge on any atom is -0.491 e. The summed E-state index contributed by atoms with van der Waals surface area (Å²) in [5, 5.41) is 3.52. The van der Waals surface area contributed by atoms with Gasteiger partial charge in [0.2, 0.25) is 11.7 Å². The van der Waals surface area contributed by atoms with E-state index in [4.69, 9.17) is 32.8 Å². The van der Waals surface area contributed by atoms with Crippen molar-refractivity contribution in [1.82, 2.24) is 15.1 Å². The average Bonchev–Trinajstić information content (AvgIpc) is 3.70. The number of nitrogens with one attached hydrogen (secondary N) is 1. The second kappa shape index (κ2) is 14.2. The number of methoxy groups -OCH3 is 2. The molecule has 0 radical (unpaired) electrons. The Morgan fingerprint density at radius 1 is 1.12 bits per heavy atom. The van der Waals surface area contributed by atoms with Gasteiger partial charge in [-0.3, -0.25) is 9.59 Å². The third-order valence-electron chi connectivity index (χ3n) is 8.93. The third-order valence-corrected chi connectivity index (χ3v) is 8.93. The number of carbonyl (C=O) groups is 3. The summed E-state index contributed by atoms with van der Waals surface area (Å²) in [7, 11) is 2.86. The number of ether oxygens (including phenoxy) is 6. The molecule has 0 spiro atoms. The Morgan fingerprint density at radius 3 is 2.52 bits per heavy atom. The molecule has 1 aromatic heterocycles. The van der Waals surface area contributed by atoms with Gasteiger partial charge in [-0.15, -0.1) is 0 Å². The molecule has 3 saturated heterocycles.